The van der Waals surface area contributed by atoms with Crippen LogP contribution in [0.5, 0.6) is 5.75 Å². The number of non-ortho nitro benzene ring substituents is 1. The van der Waals surface area contributed by atoms with Gasteiger partial charge in [-0.3, -0.25) is 10.1 Å². The van der Waals surface area contributed by atoms with Crippen LogP contribution in [0.2, 0.25) is 5.02 Å². The SMILES string of the molecule is COc1cc(Cl)c(CO)cc1N=Nc1ccc([N+](=O)[O-])cc1. The largest absolute Gasteiger partial charge is 0.494 e. The lowest BCUT2D eigenvalue weighted by Gasteiger charge is -2.07. The predicted molar refractivity (Wildman–Crippen MR) is 81.2 cm³/mol. The topological polar surface area (TPSA) is 97.3 Å². The van der Waals surface area contributed by atoms with Crippen molar-refractivity contribution in [2.45, 2.75) is 6.61 Å². The van der Waals surface area contributed by atoms with Crippen molar-refractivity contribution in [3.63, 3.8) is 0 Å². The van der Waals surface area contributed by atoms with Gasteiger partial charge in [0.2, 0.25) is 0 Å². The van der Waals surface area contributed by atoms with Gasteiger partial charge in [0.1, 0.15) is 11.4 Å². The first-order chi connectivity index (χ1) is 10.5. The first-order valence-electron chi connectivity index (χ1n) is 6.18. The van der Waals surface area contributed by atoms with Gasteiger partial charge in [0, 0.05) is 23.2 Å². The van der Waals surface area contributed by atoms with Crippen molar-refractivity contribution in [1.82, 2.24) is 0 Å². The molecular weight excluding hydrogens is 310 g/mol. The predicted octanol–water partition coefficient (Wildman–Crippen LogP) is 4.16. The van der Waals surface area contributed by atoms with Gasteiger partial charge >= 0.3 is 0 Å². The highest BCUT2D eigenvalue weighted by molar-refractivity contribution is 6.31. The molecular formula is C14H12ClN3O4. The zero-order valence-electron chi connectivity index (χ0n) is 11.6. The third kappa shape index (κ3) is 3.57. The molecule has 2 rings (SSSR count). The number of aliphatic hydroxyl groups excluding tert-OH is 1. The molecule has 1 N–H and O–H groups in total. The zero-order chi connectivity index (χ0) is 16.1. The summed E-state index contributed by atoms with van der Waals surface area (Å²) in [6.07, 6.45) is 0. The van der Waals surface area contributed by atoms with Gasteiger partial charge in [-0.25, -0.2) is 0 Å². The van der Waals surface area contributed by atoms with Crippen molar-refractivity contribution in [3.8, 4) is 5.75 Å². The molecule has 0 fully saturated rings. The molecule has 0 amide bonds. The fourth-order valence-electron chi connectivity index (χ4n) is 1.70. The summed E-state index contributed by atoms with van der Waals surface area (Å²) in [5.41, 5.74) is 1.33. The van der Waals surface area contributed by atoms with Gasteiger partial charge in [0.15, 0.2) is 0 Å². The van der Waals surface area contributed by atoms with Crippen LogP contribution in [-0.4, -0.2) is 17.1 Å². The Morgan fingerprint density at radius 2 is 1.95 bits per heavy atom. The van der Waals surface area contributed by atoms with Gasteiger partial charge in [0.25, 0.3) is 5.69 Å². The maximum Gasteiger partial charge on any atom is 0.269 e. The van der Waals surface area contributed by atoms with E-state index in [-0.39, 0.29) is 12.3 Å². The Hall–Kier alpha value is -2.51. The van der Waals surface area contributed by atoms with Crippen molar-refractivity contribution in [2.75, 3.05) is 7.11 Å². The van der Waals surface area contributed by atoms with Gasteiger partial charge in [0.05, 0.1) is 24.3 Å². The Labute approximate surface area is 131 Å². The number of rotatable bonds is 5. The standard InChI is InChI=1S/C14H12ClN3O4/c1-22-14-7-12(15)9(8-19)6-13(14)17-16-10-2-4-11(5-3-10)18(20)21/h2-7,19H,8H2,1H3. The van der Waals surface area contributed by atoms with Crippen LogP contribution in [0.15, 0.2) is 46.6 Å². The third-order valence-electron chi connectivity index (χ3n) is 2.85. The van der Waals surface area contributed by atoms with Crippen molar-refractivity contribution >= 4 is 28.7 Å². The van der Waals surface area contributed by atoms with Crippen LogP contribution >= 0.6 is 11.6 Å². The van der Waals surface area contributed by atoms with E-state index in [1.54, 1.807) is 6.07 Å². The van der Waals surface area contributed by atoms with Crippen LogP contribution in [0.1, 0.15) is 5.56 Å². The lowest BCUT2D eigenvalue weighted by atomic mass is 10.2. The van der Waals surface area contributed by atoms with E-state index in [9.17, 15) is 15.2 Å². The van der Waals surface area contributed by atoms with Gasteiger partial charge in [-0.2, -0.15) is 5.11 Å². The minimum atomic E-state index is -0.489. The normalized spacial score (nSPS) is 10.9. The number of azo groups is 1. The molecule has 0 unspecified atom stereocenters. The molecule has 8 heteroatoms. The summed E-state index contributed by atoms with van der Waals surface area (Å²) < 4.78 is 5.16. The highest BCUT2D eigenvalue weighted by Gasteiger charge is 2.09. The molecule has 0 bridgehead atoms. The average Bonchev–Trinajstić information content (AvgIpc) is 2.53. The highest BCUT2D eigenvalue weighted by atomic mass is 35.5. The molecule has 0 atom stereocenters. The lowest BCUT2D eigenvalue weighted by molar-refractivity contribution is -0.384. The Bertz CT molecular complexity index is 717. The van der Waals surface area contributed by atoms with E-state index in [1.807, 2.05) is 0 Å². The number of nitro benzene ring substituents is 1. The minimum absolute atomic E-state index is 0.0226. The third-order valence-corrected chi connectivity index (χ3v) is 3.20. The summed E-state index contributed by atoms with van der Waals surface area (Å²) in [5, 5.41) is 28.2. The van der Waals surface area contributed by atoms with E-state index in [1.165, 1.54) is 37.4 Å². The average molecular weight is 322 g/mol. The number of nitrogens with zero attached hydrogens (tertiary/aromatic N) is 3. The monoisotopic (exact) mass is 321 g/mol. The van der Waals surface area contributed by atoms with Crippen LogP contribution in [0.4, 0.5) is 17.1 Å². The van der Waals surface area contributed by atoms with E-state index in [0.717, 1.165) is 0 Å². The summed E-state index contributed by atoms with van der Waals surface area (Å²) in [4.78, 5) is 10.1. The summed E-state index contributed by atoms with van der Waals surface area (Å²) in [6.45, 7) is -0.233. The Morgan fingerprint density at radius 3 is 2.50 bits per heavy atom. The first-order valence-corrected chi connectivity index (χ1v) is 6.56. The molecule has 22 heavy (non-hydrogen) atoms. The van der Waals surface area contributed by atoms with Gasteiger partial charge in [-0.15, -0.1) is 5.11 Å². The molecule has 0 radical (unpaired) electrons. The molecule has 0 aliphatic carbocycles. The molecule has 0 saturated heterocycles. The number of ether oxygens (including phenoxy) is 1. The number of nitro groups is 1. The maximum absolute atomic E-state index is 10.6. The van der Waals surface area contributed by atoms with E-state index < -0.39 is 4.92 Å². The lowest BCUT2D eigenvalue weighted by Crippen LogP contribution is -1.89. The minimum Gasteiger partial charge on any atom is -0.494 e. The zero-order valence-corrected chi connectivity index (χ0v) is 12.3. The second kappa shape index (κ2) is 6.97. The molecule has 2 aromatic rings. The summed E-state index contributed by atoms with van der Waals surface area (Å²) in [7, 11) is 1.47. The van der Waals surface area contributed by atoms with E-state index in [4.69, 9.17) is 16.3 Å². The molecule has 0 saturated carbocycles. The summed E-state index contributed by atoms with van der Waals surface area (Å²) in [5.74, 6) is 0.410. The van der Waals surface area contributed by atoms with Crippen LogP contribution < -0.4 is 4.74 Å². The fourth-order valence-corrected chi connectivity index (χ4v) is 1.92. The summed E-state index contributed by atoms with van der Waals surface area (Å²) >= 11 is 5.97. The van der Waals surface area contributed by atoms with E-state index in [0.29, 0.717) is 27.7 Å². The number of aliphatic hydroxyl groups is 1. The number of benzene rings is 2. The molecule has 7 nitrogen and oxygen atoms in total. The van der Waals surface area contributed by atoms with Crippen molar-refractivity contribution in [2.24, 2.45) is 10.2 Å². The van der Waals surface area contributed by atoms with E-state index in [2.05, 4.69) is 10.2 Å². The molecule has 0 spiro atoms. The van der Waals surface area contributed by atoms with Crippen molar-refractivity contribution in [3.05, 3.63) is 57.1 Å². The maximum atomic E-state index is 10.6. The first kappa shape index (κ1) is 15.9. The second-order valence-corrected chi connectivity index (χ2v) is 4.65. The second-order valence-electron chi connectivity index (χ2n) is 4.25. The number of halogens is 1. The smallest absolute Gasteiger partial charge is 0.269 e. The molecule has 0 aromatic heterocycles. The van der Waals surface area contributed by atoms with Crippen LogP contribution in [0.25, 0.3) is 0 Å². The Balaban J connectivity index is 2.30. The molecule has 0 aliphatic rings. The Morgan fingerprint density at radius 1 is 1.27 bits per heavy atom. The van der Waals surface area contributed by atoms with Gasteiger partial charge < -0.3 is 9.84 Å². The fraction of sp³-hybridized carbons (Fsp3) is 0.143. The Kier molecular flexibility index (Phi) is 5.03. The van der Waals surface area contributed by atoms with Crippen LogP contribution in [0, 0.1) is 10.1 Å². The van der Waals surface area contributed by atoms with Gasteiger partial charge in [-0.05, 0) is 23.8 Å². The highest BCUT2D eigenvalue weighted by Crippen LogP contribution is 2.34. The molecule has 2 aromatic carbocycles. The number of hydrogen-bond acceptors (Lipinski definition) is 6. The number of hydrogen-bond donors (Lipinski definition) is 1. The van der Waals surface area contributed by atoms with Crippen molar-refractivity contribution < 1.29 is 14.8 Å². The summed E-state index contributed by atoms with van der Waals surface area (Å²) in [6, 6.07) is 8.75. The van der Waals surface area contributed by atoms with Crippen LogP contribution in [-0.2, 0) is 6.61 Å². The number of methoxy groups -OCH3 is 1. The molecule has 114 valence electrons. The molecule has 0 heterocycles. The van der Waals surface area contributed by atoms with Crippen molar-refractivity contribution in [1.29, 1.82) is 0 Å². The van der Waals surface area contributed by atoms with Crippen LogP contribution in [0.3, 0.4) is 0 Å². The van der Waals surface area contributed by atoms with Gasteiger partial charge in [-0.1, -0.05) is 11.6 Å². The van der Waals surface area contributed by atoms with E-state index >= 15 is 0 Å². The molecule has 0 aliphatic heterocycles. The quantitative estimate of drug-likeness (QED) is 0.507.